The summed E-state index contributed by atoms with van der Waals surface area (Å²) in [5.74, 6) is 0. The third-order valence-electron chi connectivity index (χ3n) is 3.22. The fourth-order valence-corrected chi connectivity index (χ4v) is 3.02. The maximum atomic E-state index is 12.4. The van der Waals surface area contributed by atoms with Crippen LogP contribution in [0.5, 0.6) is 0 Å². The second kappa shape index (κ2) is 5.74. The number of aromatic nitrogens is 2. The van der Waals surface area contributed by atoms with Crippen LogP contribution in [0.25, 0.3) is 5.69 Å². The van der Waals surface area contributed by atoms with Crippen LogP contribution in [-0.2, 0) is 10.0 Å². The van der Waals surface area contributed by atoms with Crippen LogP contribution in [0.15, 0.2) is 47.6 Å². The minimum Gasteiger partial charge on any atom is -0.329 e. The maximum absolute atomic E-state index is 12.4. The van der Waals surface area contributed by atoms with E-state index in [2.05, 4.69) is 5.10 Å². The van der Waals surface area contributed by atoms with Gasteiger partial charge in [0.2, 0.25) is 10.0 Å². The molecule has 0 saturated heterocycles. The Kier molecular flexibility index (Phi) is 4.22. The van der Waals surface area contributed by atoms with Crippen molar-refractivity contribution in [3.8, 4) is 5.69 Å². The van der Waals surface area contributed by atoms with Crippen LogP contribution in [-0.4, -0.2) is 42.1 Å². The first-order valence-electron chi connectivity index (χ1n) is 6.25. The first kappa shape index (κ1) is 14.7. The van der Waals surface area contributed by atoms with E-state index in [-0.39, 0.29) is 17.5 Å². The number of hydrogen-bond acceptors (Lipinski definition) is 4. The van der Waals surface area contributed by atoms with E-state index in [1.54, 1.807) is 6.92 Å². The Balaban J connectivity index is 2.34. The third-order valence-corrected chi connectivity index (χ3v) is 5.14. The van der Waals surface area contributed by atoms with Crippen molar-refractivity contribution in [2.75, 3.05) is 13.6 Å². The molecule has 1 heterocycles. The van der Waals surface area contributed by atoms with Crippen molar-refractivity contribution < 1.29 is 8.42 Å². The predicted octanol–water partition coefficient (Wildman–Crippen LogP) is 0.840. The van der Waals surface area contributed by atoms with Gasteiger partial charge in [-0.05, 0) is 19.1 Å². The highest BCUT2D eigenvalue weighted by molar-refractivity contribution is 7.89. The van der Waals surface area contributed by atoms with Gasteiger partial charge in [-0.1, -0.05) is 18.2 Å². The van der Waals surface area contributed by atoms with Gasteiger partial charge in [0.15, 0.2) is 0 Å². The van der Waals surface area contributed by atoms with E-state index in [4.69, 9.17) is 5.73 Å². The van der Waals surface area contributed by atoms with E-state index in [0.29, 0.717) is 0 Å². The summed E-state index contributed by atoms with van der Waals surface area (Å²) in [4.78, 5) is 0.157. The predicted molar refractivity (Wildman–Crippen MR) is 77.0 cm³/mol. The summed E-state index contributed by atoms with van der Waals surface area (Å²) in [6.45, 7) is 2.03. The summed E-state index contributed by atoms with van der Waals surface area (Å²) >= 11 is 0. The molecule has 0 aliphatic heterocycles. The van der Waals surface area contributed by atoms with Gasteiger partial charge in [-0.25, -0.2) is 13.1 Å². The van der Waals surface area contributed by atoms with Gasteiger partial charge >= 0.3 is 0 Å². The lowest BCUT2D eigenvalue weighted by Crippen LogP contribution is -2.39. The van der Waals surface area contributed by atoms with Gasteiger partial charge in [-0.2, -0.15) is 9.40 Å². The Morgan fingerprint density at radius 3 is 2.60 bits per heavy atom. The van der Waals surface area contributed by atoms with E-state index in [1.807, 2.05) is 30.3 Å². The number of benzene rings is 1. The second-order valence-corrected chi connectivity index (χ2v) is 6.56. The largest absolute Gasteiger partial charge is 0.329 e. The van der Waals surface area contributed by atoms with Gasteiger partial charge in [-0.15, -0.1) is 0 Å². The number of likely N-dealkylation sites (N-methyl/N-ethyl adjacent to an activating group) is 1. The first-order chi connectivity index (χ1) is 9.46. The van der Waals surface area contributed by atoms with Crippen molar-refractivity contribution in [3.63, 3.8) is 0 Å². The minimum absolute atomic E-state index is 0.157. The van der Waals surface area contributed by atoms with Crippen molar-refractivity contribution in [1.29, 1.82) is 0 Å². The molecule has 2 N–H and O–H groups in total. The standard InChI is InChI=1S/C13H18N4O2S/c1-11(8-14)16(2)20(18,19)13-9-15-17(10-13)12-6-4-3-5-7-12/h3-7,9-11H,8,14H2,1-2H3. The molecule has 2 rings (SSSR count). The summed E-state index contributed by atoms with van der Waals surface area (Å²) in [5.41, 5.74) is 6.33. The lowest BCUT2D eigenvalue weighted by Gasteiger charge is -2.21. The van der Waals surface area contributed by atoms with Crippen molar-refractivity contribution >= 4 is 10.0 Å². The average molecular weight is 294 g/mol. The van der Waals surface area contributed by atoms with E-state index in [9.17, 15) is 8.42 Å². The number of para-hydroxylation sites is 1. The van der Waals surface area contributed by atoms with Crippen molar-refractivity contribution in [2.24, 2.45) is 5.73 Å². The lowest BCUT2D eigenvalue weighted by atomic mass is 10.3. The topological polar surface area (TPSA) is 81.2 Å². The molecule has 7 heteroatoms. The molecule has 0 bridgehead atoms. The number of hydrogen-bond donors (Lipinski definition) is 1. The van der Waals surface area contributed by atoms with Crippen LogP contribution in [0.3, 0.4) is 0 Å². The van der Waals surface area contributed by atoms with Gasteiger partial charge in [0.25, 0.3) is 0 Å². The summed E-state index contributed by atoms with van der Waals surface area (Å²) in [5, 5.41) is 4.10. The summed E-state index contributed by atoms with van der Waals surface area (Å²) < 4.78 is 27.6. The fourth-order valence-electron chi connectivity index (χ4n) is 1.71. The quantitative estimate of drug-likeness (QED) is 0.886. The monoisotopic (exact) mass is 294 g/mol. The normalized spacial score (nSPS) is 13.6. The zero-order valence-electron chi connectivity index (χ0n) is 11.5. The first-order valence-corrected chi connectivity index (χ1v) is 7.69. The molecule has 1 aromatic carbocycles. The van der Waals surface area contributed by atoms with Crippen molar-refractivity contribution in [1.82, 2.24) is 14.1 Å². The molecule has 0 amide bonds. The molecule has 108 valence electrons. The van der Waals surface area contributed by atoms with Gasteiger partial charge < -0.3 is 5.73 Å². The molecular formula is C13H18N4O2S. The molecule has 0 fully saturated rings. The minimum atomic E-state index is -3.57. The Hall–Kier alpha value is -1.70. The molecule has 6 nitrogen and oxygen atoms in total. The van der Waals surface area contributed by atoms with E-state index in [1.165, 1.54) is 28.4 Å². The van der Waals surface area contributed by atoms with Crippen LogP contribution in [0, 0.1) is 0 Å². The Bertz CT molecular complexity index is 667. The smallest absolute Gasteiger partial charge is 0.246 e. The zero-order valence-corrected chi connectivity index (χ0v) is 12.3. The van der Waals surface area contributed by atoms with Crippen LogP contribution in [0.2, 0.25) is 0 Å². The molecule has 20 heavy (non-hydrogen) atoms. The summed E-state index contributed by atoms with van der Waals surface area (Å²) in [6, 6.07) is 9.08. The van der Waals surface area contributed by atoms with Crippen LogP contribution in [0.4, 0.5) is 0 Å². The fraction of sp³-hybridized carbons (Fsp3) is 0.308. The van der Waals surface area contributed by atoms with Crippen LogP contribution < -0.4 is 5.73 Å². The van der Waals surface area contributed by atoms with Crippen LogP contribution >= 0.6 is 0 Å². The summed E-state index contributed by atoms with van der Waals surface area (Å²) in [7, 11) is -2.05. The molecule has 0 radical (unpaired) electrons. The van der Waals surface area contributed by atoms with Gasteiger partial charge in [-0.3, -0.25) is 0 Å². The molecule has 0 aliphatic carbocycles. The Morgan fingerprint density at radius 1 is 1.35 bits per heavy atom. The molecule has 0 saturated carbocycles. The molecular weight excluding hydrogens is 276 g/mol. The highest BCUT2D eigenvalue weighted by Gasteiger charge is 2.26. The SMILES string of the molecule is CC(CN)N(C)S(=O)(=O)c1cnn(-c2ccccc2)c1. The highest BCUT2D eigenvalue weighted by atomic mass is 32.2. The zero-order chi connectivity index (χ0) is 14.8. The van der Waals surface area contributed by atoms with Crippen LogP contribution in [0.1, 0.15) is 6.92 Å². The number of nitrogens with two attached hydrogens (primary N) is 1. The Morgan fingerprint density at radius 2 is 2.00 bits per heavy atom. The molecule has 0 aliphatic rings. The lowest BCUT2D eigenvalue weighted by molar-refractivity contribution is 0.394. The van der Waals surface area contributed by atoms with Gasteiger partial charge in [0.1, 0.15) is 4.90 Å². The molecule has 1 aromatic heterocycles. The average Bonchev–Trinajstić information content (AvgIpc) is 2.97. The molecule has 1 unspecified atom stereocenters. The third kappa shape index (κ3) is 2.74. The number of sulfonamides is 1. The Labute approximate surface area is 118 Å². The van der Waals surface area contributed by atoms with E-state index in [0.717, 1.165) is 5.69 Å². The number of rotatable bonds is 5. The molecule has 0 spiro atoms. The second-order valence-electron chi connectivity index (χ2n) is 4.56. The van der Waals surface area contributed by atoms with Crippen molar-refractivity contribution in [3.05, 3.63) is 42.7 Å². The van der Waals surface area contributed by atoms with Crippen molar-refractivity contribution in [2.45, 2.75) is 17.9 Å². The van der Waals surface area contributed by atoms with Gasteiger partial charge in [0, 0.05) is 19.6 Å². The summed E-state index contributed by atoms with van der Waals surface area (Å²) in [6.07, 6.45) is 2.85. The number of nitrogens with zero attached hydrogens (tertiary/aromatic N) is 3. The maximum Gasteiger partial charge on any atom is 0.246 e. The highest BCUT2D eigenvalue weighted by Crippen LogP contribution is 2.17. The molecule has 1 atom stereocenters. The van der Waals surface area contributed by atoms with E-state index < -0.39 is 10.0 Å². The van der Waals surface area contributed by atoms with Gasteiger partial charge in [0.05, 0.1) is 18.1 Å². The molecule has 2 aromatic rings. The van der Waals surface area contributed by atoms with E-state index >= 15 is 0 Å².